The van der Waals surface area contributed by atoms with Crippen LogP contribution < -0.4 is 0 Å². The summed E-state index contributed by atoms with van der Waals surface area (Å²) in [5, 5.41) is 0. The molecule has 1 atom stereocenters. The summed E-state index contributed by atoms with van der Waals surface area (Å²) < 4.78 is 0. The maximum Gasteiger partial charge on any atom is 0.0419 e. The first-order valence-corrected chi connectivity index (χ1v) is 5.50. The maximum atomic E-state index is 4.36. The summed E-state index contributed by atoms with van der Waals surface area (Å²) in [6.07, 6.45) is 5.70. The standard InChI is InChI=1S/C12H18N2/c1-11(14-8-4-5-9-14)10-12-6-2-3-7-13-12/h2-3,6-7,11H,4-5,8-10H2,1H3. The predicted octanol–water partition coefficient (Wildman–Crippen LogP) is 2.11. The molecule has 0 aromatic carbocycles. The van der Waals surface area contributed by atoms with Crippen LogP contribution in [-0.4, -0.2) is 29.0 Å². The van der Waals surface area contributed by atoms with Gasteiger partial charge in [-0.2, -0.15) is 0 Å². The first-order valence-electron chi connectivity index (χ1n) is 5.50. The van der Waals surface area contributed by atoms with Crippen molar-refractivity contribution in [3.63, 3.8) is 0 Å². The molecule has 2 heteroatoms. The molecule has 1 unspecified atom stereocenters. The third-order valence-corrected chi connectivity index (χ3v) is 2.99. The Balaban J connectivity index is 1.90. The highest BCUT2D eigenvalue weighted by Gasteiger charge is 2.18. The first kappa shape index (κ1) is 9.66. The Morgan fingerprint density at radius 2 is 2.14 bits per heavy atom. The Bertz CT molecular complexity index is 265. The van der Waals surface area contributed by atoms with E-state index in [1.807, 2.05) is 12.3 Å². The summed E-state index contributed by atoms with van der Waals surface area (Å²) in [6, 6.07) is 6.81. The van der Waals surface area contributed by atoms with Crippen LogP contribution >= 0.6 is 0 Å². The zero-order chi connectivity index (χ0) is 9.80. The van der Waals surface area contributed by atoms with Crippen molar-refractivity contribution in [2.75, 3.05) is 13.1 Å². The predicted molar refractivity (Wildman–Crippen MR) is 58.2 cm³/mol. The molecule has 1 aliphatic rings. The Morgan fingerprint density at radius 3 is 2.79 bits per heavy atom. The van der Waals surface area contributed by atoms with E-state index in [1.165, 1.54) is 31.6 Å². The smallest absolute Gasteiger partial charge is 0.0419 e. The largest absolute Gasteiger partial charge is 0.300 e. The lowest BCUT2D eigenvalue weighted by Crippen LogP contribution is -2.31. The highest BCUT2D eigenvalue weighted by molar-refractivity contribution is 5.05. The molecule has 2 heterocycles. The van der Waals surface area contributed by atoms with Gasteiger partial charge in [-0.3, -0.25) is 4.98 Å². The van der Waals surface area contributed by atoms with Crippen molar-refractivity contribution in [3.05, 3.63) is 30.1 Å². The molecule has 1 aliphatic heterocycles. The van der Waals surface area contributed by atoms with Gasteiger partial charge >= 0.3 is 0 Å². The van der Waals surface area contributed by atoms with E-state index in [9.17, 15) is 0 Å². The summed E-state index contributed by atoms with van der Waals surface area (Å²) in [4.78, 5) is 6.93. The van der Waals surface area contributed by atoms with Gasteiger partial charge in [-0.25, -0.2) is 0 Å². The molecule has 14 heavy (non-hydrogen) atoms. The molecule has 0 aliphatic carbocycles. The fraction of sp³-hybridized carbons (Fsp3) is 0.583. The van der Waals surface area contributed by atoms with E-state index in [4.69, 9.17) is 0 Å². The molecule has 1 saturated heterocycles. The molecular weight excluding hydrogens is 172 g/mol. The molecule has 1 aromatic rings. The van der Waals surface area contributed by atoms with Gasteiger partial charge in [0, 0.05) is 24.4 Å². The van der Waals surface area contributed by atoms with Crippen LogP contribution in [0.1, 0.15) is 25.5 Å². The fourth-order valence-corrected chi connectivity index (χ4v) is 2.13. The molecular formula is C12H18N2. The van der Waals surface area contributed by atoms with Crippen LogP contribution in [0.4, 0.5) is 0 Å². The van der Waals surface area contributed by atoms with Crippen LogP contribution in [0.15, 0.2) is 24.4 Å². The second kappa shape index (κ2) is 4.56. The van der Waals surface area contributed by atoms with Crippen molar-refractivity contribution < 1.29 is 0 Å². The Hall–Kier alpha value is -0.890. The van der Waals surface area contributed by atoms with Gasteiger partial charge in [0.1, 0.15) is 0 Å². The summed E-state index contributed by atoms with van der Waals surface area (Å²) >= 11 is 0. The van der Waals surface area contributed by atoms with Crippen LogP contribution in [0, 0.1) is 0 Å². The molecule has 2 rings (SSSR count). The SMILES string of the molecule is CC(Cc1ccccn1)N1CCCC1. The quantitative estimate of drug-likeness (QED) is 0.725. The van der Waals surface area contributed by atoms with E-state index < -0.39 is 0 Å². The number of hydrogen-bond donors (Lipinski definition) is 0. The number of likely N-dealkylation sites (tertiary alicyclic amines) is 1. The molecule has 2 nitrogen and oxygen atoms in total. The Labute approximate surface area is 86.0 Å². The van der Waals surface area contributed by atoms with E-state index in [1.54, 1.807) is 0 Å². The highest BCUT2D eigenvalue weighted by atomic mass is 15.2. The van der Waals surface area contributed by atoms with Crippen molar-refractivity contribution in [2.24, 2.45) is 0 Å². The number of hydrogen-bond acceptors (Lipinski definition) is 2. The highest BCUT2D eigenvalue weighted by Crippen LogP contribution is 2.14. The summed E-state index contributed by atoms with van der Waals surface area (Å²) in [5.41, 5.74) is 1.21. The van der Waals surface area contributed by atoms with Gasteiger partial charge in [0.2, 0.25) is 0 Å². The van der Waals surface area contributed by atoms with Crippen molar-refractivity contribution in [2.45, 2.75) is 32.2 Å². The molecule has 0 bridgehead atoms. The molecule has 0 N–H and O–H groups in total. The molecule has 1 fully saturated rings. The van der Waals surface area contributed by atoms with E-state index in [-0.39, 0.29) is 0 Å². The second-order valence-electron chi connectivity index (χ2n) is 4.12. The average molecular weight is 190 g/mol. The maximum absolute atomic E-state index is 4.36. The van der Waals surface area contributed by atoms with Gasteiger partial charge in [0.15, 0.2) is 0 Å². The van der Waals surface area contributed by atoms with Crippen LogP contribution in [0.5, 0.6) is 0 Å². The molecule has 0 radical (unpaired) electrons. The second-order valence-corrected chi connectivity index (χ2v) is 4.12. The van der Waals surface area contributed by atoms with E-state index in [0.29, 0.717) is 6.04 Å². The van der Waals surface area contributed by atoms with Gasteiger partial charge in [0.05, 0.1) is 0 Å². The minimum atomic E-state index is 0.646. The monoisotopic (exact) mass is 190 g/mol. The lowest BCUT2D eigenvalue weighted by molar-refractivity contribution is 0.256. The van der Waals surface area contributed by atoms with E-state index in [2.05, 4.69) is 28.9 Å². The van der Waals surface area contributed by atoms with Gasteiger partial charge < -0.3 is 4.90 Å². The lowest BCUT2D eigenvalue weighted by Gasteiger charge is -2.23. The first-order chi connectivity index (χ1) is 6.86. The van der Waals surface area contributed by atoms with Gasteiger partial charge in [-0.05, 0) is 45.0 Å². The zero-order valence-corrected chi connectivity index (χ0v) is 8.82. The number of nitrogens with zero attached hydrogens (tertiary/aromatic N) is 2. The van der Waals surface area contributed by atoms with Crippen LogP contribution in [0.25, 0.3) is 0 Å². The third-order valence-electron chi connectivity index (χ3n) is 2.99. The Morgan fingerprint density at radius 1 is 1.36 bits per heavy atom. The zero-order valence-electron chi connectivity index (χ0n) is 8.82. The van der Waals surface area contributed by atoms with Crippen LogP contribution in [0.2, 0.25) is 0 Å². The van der Waals surface area contributed by atoms with Gasteiger partial charge in [-0.1, -0.05) is 6.07 Å². The summed E-state index contributed by atoms with van der Waals surface area (Å²) in [7, 11) is 0. The molecule has 76 valence electrons. The van der Waals surface area contributed by atoms with Crippen molar-refractivity contribution in [3.8, 4) is 0 Å². The third kappa shape index (κ3) is 2.32. The number of rotatable bonds is 3. The van der Waals surface area contributed by atoms with E-state index in [0.717, 1.165) is 6.42 Å². The van der Waals surface area contributed by atoms with Crippen LogP contribution in [0.3, 0.4) is 0 Å². The molecule has 1 aromatic heterocycles. The van der Waals surface area contributed by atoms with E-state index >= 15 is 0 Å². The summed E-state index contributed by atoms with van der Waals surface area (Å²) in [5.74, 6) is 0. The van der Waals surface area contributed by atoms with Crippen molar-refractivity contribution in [1.29, 1.82) is 0 Å². The van der Waals surface area contributed by atoms with Gasteiger partial charge in [0.25, 0.3) is 0 Å². The van der Waals surface area contributed by atoms with Crippen LogP contribution in [-0.2, 0) is 6.42 Å². The number of pyridine rings is 1. The minimum Gasteiger partial charge on any atom is -0.300 e. The minimum absolute atomic E-state index is 0.646. The van der Waals surface area contributed by atoms with Gasteiger partial charge in [-0.15, -0.1) is 0 Å². The number of aromatic nitrogens is 1. The molecule has 0 spiro atoms. The van der Waals surface area contributed by atoms with Crippen molar-refractivity contribution >= 4 is 0 Å². The van der Waals surface area contributed by atoms with Crippen molar-refractivity contribution in [1.82, 2.24) is 9.88 Å². The Kier molecular flexibility index (Phi) is 3.14. The summed E-state index contributed by atoms with van der Waals surface area (Å²) in [6.45, 7) is 4.85. The molecule has 0 saturated carbocycles. The molecule has 0 amide bonds. The average Bonchev–Trinajstić information content (AvgIpc) is 2.72. The lowest BCUT2D eigenvalue weighted by atomic mass is 10.1. The normalized spacial score (nSPS) is 19.8. The topological polar surface area (TPSA) is 16.1 Å². The fourth-order valence-electron chi connectivity index (χ4n) is 2.13.